The number of carbonyl (C=O) groups is 4. The number of carbonyl (C=O) groups excluding carboxylic acids is 4. The summed E-state index contributed by atoms with van der Waals surface area (Å²) in [4.78, 5) is 60.9. The Bertz CT molecular complexity index is 3310. The standard InChI is InChI=1S/C31H29NO5.C30H27NO5.C2H6/c1-20-4-6-21(7-5-20)16-29(33)31(13-14-31)30(34)17-22-8-10-23(11-9-22)37-26-12-15-32-25-19-28(36-3)27(35-2)18-24(25)26;1-34-26-18-23-24(19-27(26)35-2)31-15-12-25(23)36-22-10-8-21(9-11-22)17-29(33)30(13-14-30)28(32)16-20-6-4-3-5-7-20;1-2/h4-12,15,18-19H,13-14,16-17H2,1-3H3;3-12,15,18-19H,13-14,16-17H2,1-2H3;1-2H3. The van der Waals surface area contributed by atoms with Crippen LogP contribution in [0.5, 0.6) is 46.0 Å². The number of ketones is 4. The van der Waals surface area contributed by atoms with E-state index in [4.69, 9.17) is 28.4 Å². The fourth-order valence-corrected chi connectivity index (χ4v) is 9.07. The minimum Gasteiger partial charge on any atom is -0.493 e. The van der Waals surface area contributed by atoms with Gasteiger partial charge in [0.05, 0.1) is 50.3 Å². The number of rotatable bonds is 20. The molecule has 2 aliphatic rings. The van der Waals surface area contributed by atoms with E-state index in [0.717, 1.165) is 49.6 Å². The second-order valence-electron chi connectivity index (χ2n) is 18.6. The molecule has 75 heavy (non-hydrogen) atoms. The van der Waals surface area contributed by atoms with Crippen molar-refractivity contribution >= 4 is 44.9 Å². The quantitative estimate of drug-likeness (QED) is 0.0669. The van der Waals surface area contributed by atoms with Crippen LogP contribution in [0.3, 0.4) is 0 Å². The molecule has 12 nitrogen and oxygen atoms in total. The van der Waals surface area contributed by atoms with Crippen LogP contribution in [0.15, 0.2) is 152 Å². The van der Waals surface area contributed by atoms with Gasteiger partial charge in [-0.3, -0.25) is 29.1 Å². The molecule has 0 atom stereocenters. The summed E-state index contributed by atoms with van der Waals surface area (Å²) in [6, 6.07) is 43.2. The summed E-state index contributed by atoms with van der Waals surface area (Å²) in [6.07, 6.45) is 6.99. The molecule has 0 unspecified atom stereocenters. The molecule has 2 aromatic heterocycles. The Morgan fingerprint density at radius 2 is 0.733 bits per heavy atom. The van der Waals surface area contributed by atoms with Crippen molar-refractivity contribution in [3.63, 3.8) is 0 Å². The van der Waals surface area contributed by atoms with Gasteiger partial charge in [0.25, 0.3) is 0 Å². The van der Waals surface area contributed by atoms with Gasteiger partial charge in [-0.25, -0.2) is 0 Å². The average molecular weight is 1010 g/mol. The van der Waals surface area contributed by atoms with Crippen molar-refractivity contribution in [2.24, 2.45) is 10.8 Å². The van der Waals surface area contributed by atoms with Gasteiger partial charge >= 0.3 is 0 Å². The highest BCUT2D eigenvalue weighted by Gasteiger charge is 2.55. The van der Waals surface area contributed by atoms with E-state index < -0.39 is 10.8 Å². The molecule has 6 aromatic carbocycles. The predicted octanol–water partition coefficient (Wildman–Crippen LogP) is 12.8. The maximum Gasteiger partial charge on any atom is 0.162 e. The summed E-state index contributed by atoms with van der Waals surface area (Å²) >= 11 is 0. The van der Waals surface area contributed by atoms with E-state index in [1.165, 1.54) is 0 Å². The van der Waals surface area contributed by atoms with Crippen LogP contribution in [-0.2, 0) is 44.9 Å². The molecule has 2 aliphatic carbocycles. The topological polar surface area (TPSA) is 149 Å². The maximum atomic E-state index is 13.1. The van der Waals surface area contributed by atoms with Crippen molar-refractivity contribution < 1.29 is 47.6 Å². The molecule has 0 radical (unpaired) electrons. The normalized spacial score (nSPS) is 13.4. The second-order valence-corrected chi connectivity index (χ2v) is 18.6. The van der Waals surface area contributed by atoms with Crippen LogP contribution < -0.4 is 28.4 Å². The number of pyridine rings is 2. The lowest BCUT2D eigenvalue weighted by Crippen LogP contribution is -2.28. The first-order valence-corrected chi connectivity index (χ1v) is 25.2. The van der Waals surface area contributed by atoms with Gasteiger partial charge in [-0.05, 0) is 103 Å². The average Bonchev–Trinajstić information content (AvgIpc) is 4.40. The zero-order valence-electron chi connectivity index (χ0n) is 43.6. The van der Waals surface area contributed by atoms with E-state index in [9.17, 15) is 19.2 Å². The maximum absolute atomic E-state index is 13.1. The molecular weight excluding hydrogens is 945 g/mol. The summed E-state index contributed by atoms with van der Waals surface area (Å²) in [7, 11) is 6.34. The van der Waals surface area contributed by atoms with Gasteiger partial charge in [-0.15, -0.1) is 0 Å². The zero-order valence-corrected chi connectivity index (χ0v) is 43.6. The lowest BCUT2D eigenvalue weighted by Gasteiger charge is -2.14. The number of hydrogen-bond acceptors (Lipinski definition) is 12. The van der Waals surface area contributed by atoms with Crippen LogP contribution in [-0.4, -0.2) is 61.5 Å². The molecule has 2 fully saturated rings. The first-order chi connectivity index (χ1) is 36.4. The van der Waals surface area contributed by atoms with Crippen molar-refractivity contribution in [2.75, 3.05) is 28.4 Å². The molecule has 0 N–H and O–H groups in total. The Morgan fingerprint density at radius 3 is 1.07 bits per heavy atom. The Labute approximate surface area is 438 Å². The number of ether oxygens (including phenoxy) is 6. The van der Waals surface area contributed by atoms with Crippen molar-refractivity contribution in [1.82, 2.24) is 9.97 Å². The molecule has 0 amide bonds. The highest BCUT2D eigenvalue weighted by molar-refractivity contribution is 6.11. The van der Waals surface area contributed by atoms with E-state index in [0.29, 0.717) is 84.5 Å². The fourth-order valence-electron chi connectivity index (χ4n) is 9.07. The van der Waals surface area contributed by atoms with Gasteiger partial charge in [0.2, 0.25) is 0 Å². The Hall–Kier alpha value is -8.38. The van der Waals surface area contributed by atoms with Crippen molar-refractivity contribution in [3.05, 3.63) is 180 Å². The van der Waals surface area contributed by atoms with Gasteiger partial charge < -0.3 is 28.4 Å². The number of nitrogens with zero attached hydrogens (tertiary/aromatic N) is 2. The van der Waals surface area contributed by atoms with Crippen LogP contribution in [0, 0.1) is 17.8 Å². The minimum absolute atomic E-state index is 0.000509. The summed E-state index contributed by atoms with van der Waals surface area (Å²) in [5.74, 6) is 4.95. The summed E-state index contributed by atoms with van der Waals surface area (Å²) in [5.41, 5.74) is 4.58. The third kappa shape index (κ3) is 12.2. The molecule has 0 aliphatic heterocycles. The molecule has 8 aromatic rings. The largest absolute Gasteiger partial charge is 0.493 e. The Balaban J connectivity index is 0.000000193. The van der Waals surface area contributed by atoms with Crippen molar-refractivity contribution in [2.45, 2.75) is 72.1 Å². The van der Waals surface area contributed by atoms with E-state index >= 15 is 0 Å². The lowest BCUT2D eigenvalue weighted by atomic mass is 9.88. The highest BCUT2D eigenvalue weighted by Crippen LogP contribution is 2.50. The van der Waals surface area contributed by atoms with Gasteiger partial charge in [-0.2, -0.15) is 0 Å². The Morgan fingerprint density at radius 1 is 0.413 bits per heavy atom. The SMILES string of the molecule is CC.COc1cc2nccc(Oc3ccc(CC(=O)C4(C(=O)Cc5ccc(C)cc5)CC4)cc3)c2cc1OC.COc1cc2nccc(Oc3ccc(CC(=O)C4(C(=O)Cc5ccccc5)CC4)cc3)c2cc1OC. The molecule has 0 saturated heterocycles. The van der Waals surface area contributed by atoms with Crippen molar-refractivity contribution in [3.8, 4) is 46.0 Å². The summed E-state index contributed by atoms with van der Waals surface area (Å²) in [6.45, 7) is 6.02. The molecular formula is C63H62N2O10. The number of benzene rings is 6. The van der Waals surface area contributed by atoms with Gasteiger partial charge in [0.1, 0.15) is 23.0 Å². The van der Waals surface area contributed by atoms with Gasteiger partial charge in [0.15, 0.2) is 46.1 Å². The van der Waals surface area contributed by atoms with Crippen LogP contribution in [0.2, 0.25) is 0 Å². The molecule has 10 rings (SSSR count). The molecule has 12 heteroatoms. The molecule has 384 valence electrons. The van der Waals surface area contributed by atoms with E-state index in [-0.39, 0.29) is 36.0 Å². The first-order valence-electron chi connectivity index (χ1n) is 25.2. The lowest BCUT2D eigenvalue weighted by molar-refractivity contribution is -0.135. The predicted molar refractivity (Wildman–Crippen MR) is 290 cm³/mol. The highest BCUT2D eigenvalue weighted by atomic mass is 16.5. The van der Waals surface area contributed by atoms with Crippen LogP contribution >= 0.6 is 0 Å². The number of Topliss-reactive ketones (excluding diaryl/α,β-unsaturated/α-hetero) is 4. The summed E-state index contributed by atoms with van der Waals surface area (Å²) in [5, 5.41) is 1.59. The minimum atomic E-state index is -0.823. The van der Waals surface area contributed by atoms with Crippen LogP contribution in [0.25, 0.3) is 21.8 Å². The number of aryl methyl sites for hydroxylation is 1. The van der Waals surface area contributed by atoms with E-state index in [1.54, 1.807) is 53.0 Å². The molecule has 0 spiro atoms. The van der Waals surface area contributed by atoms with E-state index in [2.05, 4.69) is 9.97 Å². The second kappa shape index (κ2) is 23.7. The number of aromatic nitrogens is 2. The summed E-state index contributed by atoms with van der Waals surface area (Å²) < 4.78 is 33.9. The molecule has 2 heterocycles. The van der Waals surface area contributed by atoms with Gasteiger partial charge in [-0.1, -0.05) is 98.3 Å². The smallest absolute Gasteiger partial charge is 0.162 e. The van der Waals surface area contributed by atoms with Gasteiger partial charge in [0, 0.05) is 61.0 Å². The third-order valence-corrected chi connectivity index (χ3v) is 13.8. The molecule has 2 saturated carbocycles. The Kier molecular flexibility index (Phi) is 16.7. The molecule has 0 bridgehead atoms. The van der Waals surface area contributed by atoms with Crippen LogP contribution in [0.1, 0.15) is 67.3 Å². The first kappa shape index (κ1) is 52.9. The number of methoxy groups -OCH3 is 4. The fraction of sp³-hybridized carbons (Fsp3) is 0.270. The zero-order chi connectivity index (χ0) is 53.1. The van der Waals surface area contributed by atoms with E-state index in [1.807, 2.05) is 148 Å². The van der Waals surface area contributed by atoms with Crippen molar-refractivity contribution in [1.29, 1.82) is 0 Å². The third-order valence-electron chi connectivity index (χ3n) is 13.8. The number of fused-ring (bicyclic) bond motifs is 2. The monoisotopic (exact) mass is 1010 g/mol. The van der Waals surface area contributed by atoms with Crippen LogP contribution in [0.4, 0.5) is 0 Å². The number of hydrogen-bond donors (Lipinski definition) is 0.